The summed E-state index contributed by atoms with van der Waals surface area (Å²) in [5.41, 5.74) is 0.637. The SMILES string of the molecule is O=C(NCCc1ccccc1F)C1CCN(Cc2nnc(C3CC3)o2)CC1. The summed E-state index contributed by atoms with van der Waals surface area (Å²) in [6.45, 7) is 2.80. The van der Waals surface area contributed by atoms with Crippen molar-refractivity contribution in [1.29, 1.82) is 0 Å². The molecule has 7 heteroatoms. The average Bonchev–Trinajstić information content (AvgIpc) is 3.43. The summed E-state index contributed by atoms with van der Waals surface area (Å²) in [7, 11) is 0. The number of aromatic nitrogens is 2. The molecule has 1 saturated heterocycles. The molecule has 4 rings (SSSR count). The van der Waals surface area contributed by atoms with Crippen molar-refractivity contribution in [3.05, 3.63) is 47.4 Å². The molecular weight excluding hydrogens is 347 g/mol. The molecule has 2 aromatic rings. The Balaban J connectivity index is 1.18. The maximum Gasteiger partial charge on any atom is 0.230 e. The molecule has 2 fully saturated rings. The summed E-state index contributed by atoms with van der Waals surface area (Å²) < 4.78 is 19.3. The molecule has 2 aliphatic rings. The molecule has 1 N–H and O–H groups in total. The number of amides is 1. The molecule has 27 heavy (non-hydrogen) atoms. The van der Waals surface area contributed by atoms with Crippen LogP contribution < -0.4 is 5.32 Å². The van der Waals surface area contributed by atoms with Gasteiger partial charge in [-0.1, -0.05) is 18.2 Å². The fourth-order valence-electron chi connectivity index (χ4n) is 3.54. The van der Waals surface area contributed by atoms with Crippen molar-refractivity contribution in [2.45, 2.75) is 44.6 Å². The zero-order valence-electron chi connectivity index (χ0n) is 15.4. The van der Waals surface area contributed by atoms with Crippen molar-refractivity contribution >= 4 is 5.91 Å². The van der Waals surface area contributed by atoms with Gasteiger partial charge < -0.3 is 9.73 Å². The minimum atomic E-state index is -0.217. The van der Waals surface area contributed by atoms with Crippen LogP contribution in [0.1, 0.15) is 48.9 Å². The van der Waals surface area contributed by atoms with Crippen LogP contribution in [0.15, 0.2) is 28.7 Å². The number of carbonyl (C=O) groups excluding carboxylic acids is 1. The highest BCUT2D eigenvalue weighted by atomic mass is 19.1. The fourth-order valence-corrected chi connectivity index (χ4v) is 3.54. The van der Waals surface area contributed by atoms with E-state index in [-0.39, 0.29) is 17.6 Å². The summed E-state index contributed by atoms with van der Waals surface area (Å²) in [6.07, 6.45) is 4.44. The van der Waals surface area contributed by atoms with Crippen LogP contribution in [0.25, 0.3) is 0 Å². The Morgan fingerprint density at radius 3 is 2.70 bits per heavy atom. The van der Waals surface area contributed by atoms with Gasteiger partial charge in [-0.25, -0.2) is 4.39 Å². The second-order valence-corrected chi connectivity index (χ2v) is 7.49. The molecule has 1 aromatic carbocycles. The van der Waals surface area contributed by atoms with Crippen molar-refractivity contribution in [1.82, 2.24) is 20.4 Å². The first-order valence-corrected chi connectivity index (χ1v) is 9.75. The largest absolute Gasteiger partial charge is 0.424 e. The quantitative estimate of drug-likeness (QED) is 0.809. The molecular formula is C20H25FN4O2. The monoisotopic (exact) mass is 372 g/mol. The van der Waals surface area contributed by atoms with Crippen LogP contribution >= 0.6 is 0 Å². The third-order valence-corrected chi connectivity index (χ3v) is 5.38. The van der Waals surface area contributed by atoms with E-state index in [9.17, 15) is 9.18 Å². The lowest BCUT2D eigenvalue weighted by Gasteiger charge is -2.30. The first-order chi connectivity index (χ1) is 13.2. The summed E-state index contributed by atoms with van der Waals surface area (Å²) in [6, 6.07) is 6.69. The highest BCUT2D eigenvalue weighted by Gasteiger charge is 2.30. The minimum Gasteiger partial charge on any atom is -0.424 e. The van der Waals surface area contributed by atoms with Crippen LogP contribution in [0.2, 0.25) is 0 Å². The van der Waals surface area contributed by atoms with Gasteiger partial charge in [0, 0.05) is 18.4 Å². The molecule has 1 aliphatic heterocycles. The highest BCUT2D eigenvalue weighted by molar-refractivity contribution is 5.78. The Hall–Kier alpha value is -2.28. The Labute approximate surface area is 158 Å². The second kappa shape index (κ2) is 8.17. The molecule has 0 unspecified atom stereocenters. The Morgan fingerprint density at radius 1 is 1.19 bits per heavy atom. The van der Waals surface area contributed by atoms with E-state index in [1.165, 1.54) is 6.07 Å². The smallest absolute Gasteiger partial charge is 0.230 e. The van der Waals surface area contributed by atoms with Gasteiger partial charge in [0.1, 0.15) is 5.82 Å². The lowest BCUT2D eigenvalue weighted by Crippen LogP contribution is -2.40. The average molecular weight is 372 g/mol. The fraction of sp³-hybridized carbons (Fsp3) is 0.550. The van der Waals surface area contributed by atoms with Crippen molar-refractivity contribution in [2.24, 2.45) is 5.92 Å². The number of rotatable bonds is 7. The van der Waals surface area contributed by atoms with Crippen LogP contribution in [-0.2, 0) is 17.8 Å². The lowest BCUT2D eigenvalue weighted by molar-refractivity contribution is -0.126. The van der Waals surface area contributed by atoms with E-state index >= 15 is 0 Å². The number of hydrogen-bond acceptors (Lipinski definition) is 5. The van der Waals surface area contributed by atoms with Gasteiger partial charge in [0.25, 0.3) is 0 Å². The van der Waals surface area contributed by atoms with E-state index in [2.05, 4.69) is 20.4 Å². The number of benzene rings is 1. The molecule has 0 radical (unpaired) electrons. The van der Waals surface area contributed by atoms with Gasteiger partial charge in [0.15, 0.2) is 0 Å². The molecule has 1 aliphatic carbocycles. The molecule has 1 saturated carbocycles. The normalized spacial score (nSPS) is 18.6. The minimum absolute atomic E-state index is 0.0200. The van der Waals surface area contributed by atoms with Gasteiger partial charge in [0.2, 0.25) is 17.7 Å². The molecule has 0 spiro atoms. The number of nitrogens with one attached hydrogen (secondary N) is 1. The highest BCUT2D eigenvalue weighted by Crippen LogP contribution is 2.39. The predicted octanol–water partition coefficient (Wildman–Crippen LogP) is 2.66. The van der Waals surface area contributed by atoms with Gasteiger partial charge in [-0.15, -0.1) is 10.2 Å². The van der Waals surface area contributed by atoms with Crippen molar-refractivity contribution in [3.63, 3.8) is 0 Å². The van der Waals surface area contributed by atoms with E-state index in [0.717, 1.165) is 44.7 Å². The Bertz CT molecular complexity index is 782. The lowest BCUT2D eigenvalue weighted by atomic mass is 9.96. The van der Waals surface area contributed by atoms with E-state index < -0.39 is 0 Å². The molecule has 2 heterocycles. The predicted molar refractivity (Wildman–Crippen MR) is 97.4 cm³/mol. The third kappa shape index (κ3) is 4.71. The summed E-state index contributed by atoms with van der Waals surface area (Å²) in [4.78, 5) is 14.6. The number of likely N-dealkylation sites (tertiary alicyclic amines) is 1. The molecule has 1 aromatic heterocycles. The molecule has 1 amide bonds. The topological polar surface area (TPSA) is 71.3 Å². The molecule has 6 nitrogen and oxygen atoms in total. The van der Waals surface area contributed by atoms with E-state index in [1.807, 2.05) is 6.07 Å². The van der Waals surface area contributed by atoms with Crippen LogP contribution in [0.3, 0.4) is 0 Å². The van der Waals surface area contributed by atoms with E-state index in [1.54, 1.807) is 12.1 Å². The number of halogens is 1. The Kier molecular flexibility index (Phi) is 5.48. The first-order valence-electron chi connectivity index (χ1n) is 9.75. The van der Waals surface area contributed by atoms with E-state index in [0.29, 0.717) is 36.9 Å². The maximum atomic E-state index is 13.6. The second-order valence-electron chi connectivity index (χ2n) is 7.49. The summed E-state index contributed by atoms with van der Waals surface area (Å²) >= 11 is 0. The summed E-state index contributed by atoms with van der Waals surface area (Å²) in [5, 5.41) is 11.2. The van der Waals surface area contributed by atoms with Crippen molar-refractivity contribution < 1.29 is 13.6 Å². The van der Waals surface area contributed by atoms with Gasteiger partial charge in [-0.05, 0) is 56.8 Å². The number of carbonyl (C=O) groups is 1. The standard InChI is InChI=1S/C20H25FN4O2/c21-17-4-2-1-3-14(17)7-10-22-19(26)15-8-11-25(12-9-15)13-18-23-24-20(27-18)16-5-6-16/h1-4,15-16H,5-13H2,(H,22,26). The van der Waals surface area contributed by atoms with Crippen LogP contribution in [0.5, 0.6) is 0 Å². The van der Waals surface area contributed by atoms with Crippen molar-refractivity contribution in [2.75, 3.05) is 19.6 Å². The van der Waals surface area contributed by atoms with Crippen LogP contribution in [-0.4, -0.2) is 40.6 Å². The van der Waals surface area contributed by atoms with Gasteiger partial charge in [0.05, 0.1) is 6.54 Å². The van der Waals surface area contributed by atoms with Crippen LogP contribution in [0, 0.1) is 11.7 Å². The van der Waals surface area contributed by atoms with Gasteiger partial charge in [-0.2, -0.15) is 0 Å². The first kappa shape index (κ1) is 18.1. The zero-order valence-corrected chi connectivity index (χ0v) is 15.4. The Morgan fingerprint density at radius 2 is 1.96 bits per heavy atom. The molecule has 0 atom stereocenters. The molecule has 0 bridgehead atoms. The maximum absolute atomic E-state index is 13.6. The van der Waals surface area contributed by atoms with Crippen LogP contribution in [0.4, 0.5) is 4.39 Å². The van der Waals surface area contributed by atoms with Crippen molar-refractivity contribution in [3.8, 4) is 0 Å². The third-order valence-electron chi connectivity index (χ3n) is 5.38. The summed E-state index contributed by atoms with van der Waals surface area (Å²) in [5.74, 6) is 1.79. The van der Waals surface area contributed by atoms with Gasteiger partial charge >= 0.3 is 0 Å². The van der Waals surface area contributed by atoms with Gasteiger partial charge in [-0.3, -0.25) is 9.69 Å². The molecule has 144 valence electrons. The number of piperidine rings is 1. The zero-order chi connectivity index (χ0) is 18.6. The van der Waals surface area contributed by atoms with E-state index in [4.69, 9.17) is 4.42 Å². The number of nitrogens with zero attached hydrogens (tertiary/aromatic N) is 3. The number of hydrogen-bond donors (Lipinski definition) is 1.